The fourth-order valence-corrected chi connectivity index (χ4v) is 3.98. The molecule has 2 heterocycles. The van der Waals surface area contributed by atoms with Crippen LogP contribution in [0.4, 0.5) is 18.9 Å². The number of likely N-dealkylation sites (tertiary alicyclic amines) is 1. The van der Waals surface area contributed by atoms with Crippen LogP contribution < -0.4 is 4.90 Å². The molecule has 0 amide bonds. The molecule has 1 aromatic carbocycles. The van der Waals surface area contributed by atoms with Gasteiger partial charge in [-0.2, -0.15) is 13.2 Å². The van der Waals surface area contributed by atoms with Gasteiger partial charge in [0.15, 0.2) is 0 Å². The minimum absolute atomic E-state index is 0.116. The van der Waals surface area contributed by atoms with Gasteiger partial charge < -0.3 is 4.90 Å². The van der Waals surface area contributed by atoms with E-state index in [1.165, 1.54) is 0 Å². The number of nitrogens with zero attached hydrogens (tertiary/aromatic N) is 3. The summed E-state index contributed by atoms with van der Waals surface area (Å²) in [5.41, 5.74) is 2.14. The predicted octanol–water partition coefficient (Wildman–Crippen LogP) is 3.79. The van der Waals surface area contributed by atoms with E-state index in [0.717, 1.165) is 44.0 Å². The Balaban J connectivity index is 1.59. The van der Waals surface area contributed by atoms with Crippen molar-refractivity contribution in [2.45, 2.75) is 45.5 Å². The maximum atomic E-state index is 13.0. The molecule has 3 nitrogen and oxygen atoms in total. The first kappa shape index (κ1) is 19.5. The summed E-state index contributed by atoms with van der Waals surface area (Å²) in [6.45, 7) is 9.89. The molecule has 6 heteroatoms. The van der Waals surface area contributed by atoms with E-state index in [2.05, 4.69) is 35.8 Å². The molecule has 145 valence electrons. The summed E-state index contributed by atoms with van der Waals surface area (Å²) < 4.78 is 39.0. The van der Waals surface area contributed by atoms with Crippen molar-refractivity contribution in [3.8, 4) is 0 Å². The van der Waals surface area contributed by atoms with E-state index in [1.54, 1.807) is 0 Å². The lowest BCUT2D eigenvalue weighted by atomic mass is 9.97. The molecule has 0 spiro atoms. The summed E-state index contributed by atoms with van der Waals surface area (Å²) in [4.78, 5) is 6.74. The summed E-state index contributed by atoms with van der Waals surface area (Å²) >= 11 is 0. The zero-order valence-corrected chi connectivity index (χ0v) is 15.7. The molecule has 1 radical (unpaired) electrons. The third kappa shape index (κ3) is 4.92. The van der Waals surface area contributed by atoms with Gasteiger partial charge >= 0.3 is 6.18 Å². The Hall–Kier alpha value is -1.27. The fraction of sp³-hybridized carbons (Fsp3) is 0.700. The summed E-state index contributed by atoms with van der Waals surface area (Å²) in [6, 6.07) is 9.85. The van der Waals surface area contributed by atoms with Crippen LogP contribution in [0.1, 0.15) is 32.3 Å². The van der Waals surface area contributed by atoms with Crippen LogP contribution in [-0.2, 0) is 6.54 Å². The van der Waals surface area contributed by atoms with Crippen LogP contribution in [0, 0.1) is 12.0 Å². The molecule has 2 saturated heterocycles. The van der Waals surface area contributed by atoms with Crippen molar-refractivity contribution in [1.82, 2.24) is 9.80 Å². The lowest BCUT2D eigenvalue weighted by molar-refractivity contribution is -0.187. The quantitative estimate of drug-likeness (QED) is 0.801. The first-order chi connectivity index (χ1) is 12.3. The SMILES string of the molecule is CC(C)N1CCN(c2[c]ccc(CN3CCCC(C(F)(F)F)C3)c2)CC1. The smallest absolute Gasteiger partial charge is 0.368 e. The Morgan fingerprint density at radius 2 is 1.88 bits per heavy atom. The highest BCUT2D eigenvalue weighted by molar-refractivity contribution is 5.48. The van der Waals surface area contributed by atoms with Crippen molar-refractivity contribution in [3.63, 3.8) is 0 Å². The molecule has 2 aliphatic rings. The Kier molecular flexibility index (Phi) is 6.13. The number of halogens is 3. The van der Waals surface area contributed by atoms with Crippen LogP contribution >= 0.6 is 0 Å². The molecule has 1 atom stereocenters. The molecule has 3 rings (SSSR count). The molecule has 26 heavy (non-hydrogen) atoms. The van der Waals surface area contributed by atoms with Gasteiger partial charge in [0.05, 0.1) is 5.92 Å². The molecular weight excluding hydrogens is 339 g/mol. The third-order valence-corrected chi connectivity index (χ3v) is 5.61. The number of anilines is 1. The lowest BCUT2D eigenvalue weighted by Crippen LogP contribution is -2.49. The van der Waals surface area contributed by atoms with E-state index in [0.29, 0.717) is 19.0 Å². The van der Waals surface area contributed by atoms with Crippen molar-refractivity contribution in [1.29, 1.82) is 0 Å². The molecule has 0 N–H and O–H groups in total. The van der Waals surface area contributed by atoms with Gasteiger partial charge in [-0.3, -0.25) is 9.80 Å². The van der Waals surface area contributed by atoms with Crippen molar-refractivity contribution in [2.75, 3.05) is 44.2 Å². The number of alkyl halides is 3. The Labute approximate surface area is 154 Å². The second-order valence-electron chi connectivity index (χ2n) is 7.81. The molecule has 0 bridgehead atoms. The molecule has 2 aliphatic heterocycles. The number of hydrogen-bond donors (Lipinski definition) is 0. The topological polar surface area (TPSA) is 9.72 Å². The minimum atomic E-state index is -4.08. The van der Waals surface area contributed by atoms with Gasteiger partial charge in [-0.05, 0) is 44.9 Å². The number of piperazine rings is 1. The van der Waals surface area contributed by atoms with Crippen molar-refractivity contribution < 1.29 is 13.2 Å². The number of benzene rings is 1. The highest BCUT2D eigenvalue weighted by Gasteiger charge is 2.41. The van der Waals surface area contributed by atoms with Gasteiger partial charge in [0.25, 0.3) is 0 Å². The largest absolute Gasteiger partial charge is 0.393 e. The van der Waals surface area contributed by atoms with Crippen LogP contribution in [0.15, 0.2) is 18.2 Å². The van der Waals surface area contributed by atoms with Crippen LogP contribution in [0.5, 0.6) is 0 Å². The van der Waals surface area contributed by atoms with Crippen LogP contribution in [0.25, 0.3) is 0 Å². The average molecular weight is 368 g/mol. The normalized spacial score (nSPS) is 23.6. The molecule has 1 unspecified atom stereocenters. The number of rotatable bonds is 4. The third-order valence-electron chi connectivity index (χ3n) is 5.61. The van der Waals surface area contributed by atoms with Crippen LogP contribution in [-0.4, -0.2) is 61.3 Å². The molecule has 0 aromatic heterocycles. The van der Waals surface area contributed by atoms with E-state index in [4.69, 9.17) is 0 Å². The van der Waals surface area contributed by atoms with Crippen LogP contribution in [0.3, 0.4) is 0 Å². The highest BCUT2D eigenvalue weighted by atomic mass is 19.4. The summed E-state index contributed by atoms with van der Waals surface area (Å²) in [7, 11) is 0. The predicted molar refractivity (Wildman–Crippen MR) is 98.3 cm³/mol. The second kappa shape index (κ2) is 8.17. The molecule has 1 aromatic rings. The Morgan fingerprint density at radius 1 is 1.15 bits per heavy atom. The maximum Gasteiger partial charge on any atom is 0.393 e. The average Bonchev–Trinajstić information content (AvgIpc) is 2.61. The zero-order valence-electron chi connectivity index (χ0n) is 15.7. The van der Waals surface area contributed by atoms with Crippen molar-refractivity contribution in [3.05, 3.63) is 29.8 Å². The molecule has 2 fully saturated rings. The first-order valence-electron chi connectivity index (χ1n) is 9.61. The van der Waals surface area contributed by atoms with Gasteiger partial charge in [-0.1, -0.05) is 12.1 Å². The number of piperidine rings is 1. The maximum absolute atomic E-state index is 13.0. The first-order valence-corrected chi connectivity index (χ1v) is 9.61. The standard InChI is InChI=1S/C20H29F3N3/c1-16(2)25-9-11-26(12-10-25)19-7-3-5-17(13-19)14-24-8-4-6-18(15-24)20(21,22)23/h3,5,13,16,18H,4,6,8-12,14-15H2,1-2H3. The Morgan fingerprint density at radius 3 is 2.54 bits per heavy atom. The van der Waals surface area contributed by atoms with E-state index in [9.17, 15) is 13.2 Å². The van der Waals surface area contributed by atoms with Crippen LogP contribution in [0.2, 0.25) is 0 Å². The van der Waals surface area contributed by atoms with E-state index >= 15 is 0 Å². The zero-order chi connectivity index (χ0) is 18.7. The van der Waals surface area contributed by atoms with E-state index in [1.807, 2.05) is 17.0 Å². The summed E-state index contributed by atoms with van der Waals surface area (Å²) in [5, 5.41) is 0. The Bertz CT molecular complexity index is 580. The second-order valence-corrected chi connectivity index (χ2v) is 7.81. The molecule has 0 saturated carbocycles. The van der Waals surface area contributed by atoms with Gasteiger partial charge in [-0.25, -0.2) is 0 Å². The summed E-state index contributed by atoms with van der Waals surface area (Å²) in [5.74, 6) is -1.19. The van der Waals surface area contributed by atoms with Gasteiger partial charge in [0, 0.05) is 57.1 Å². The van der Waals surface area contributed by atoms with Gasteiger partial charge in [0.1, 0.15) is 0 Å². The summed E-state index contributed by atoms with van der Waals surface area (Å²) in [6.07, 6.45) is -3.20. The van der Waals surface area contributed by atoms with E-state index in [-0.39, 0.29) is 13.0 Å². The lowest BCUT2D eigenvalue weighted by Gasteiger charge is -2.38. The molecular formula is C20H29F3N3. The minimum Gasteiger partial charge on any atom is -0.368 e. The monoisotopic (exact) mass is 368 g/mol. The fourth-order valence-electron chi connectivity index (χ4n) is 3.98. The van der Waals surface area contributed by atoms with E-state index < -0.39 is 12.1 Å². The number of hydrogen-bond acceptors (Lipinski definition) is 3. The van der Waals surface area contributed by atoms with Crippen molar-refractivity contribution in [2.24, 2.45) is 5.92 Å². The highest BCUT2D eigenvalue weighted by Crippen LogP contribution is 2.33. The molecule has 0 aliphatic carbocycles. The van der Waals surface area contributed by atoms with Gasteiger partial charge in [-0.15, -0.1) is 0 Å². The van der Waals surface area contributed by atoms with Gasteiger partial charge in [0.2, 0.25) is 0 Å². The van der Waals surface area contributed by atoms with Crippen molar-refractivity contribution >= 4 is 5.69 Å².